The number of hydrogen-bond acceptors (Lipinski definition) is 3. The molecule has 0 spiro atoms. The number of hydrogen-bond donors (Lipinski definition) is 1. The molecule has 0 aliphatic heterocycles. The molecule has 0 saturated heterocycles. The lowest BCUT2D eigenvalue weighted by Gasteiger charge is -2.32. The minimum atomic E-state index is -0.329. The van der Waals surface area contributed by atoms with Crippen molar-refractivity contribution in [1.82, 2.24) is 5.32 Å². The molecule has 24 heavy (non-hydrogen) atoms. The molecule has 2 rings (SSSR count). The van der Waals surface area contributed by atoms with E-state index in [0.717, 1.165) is 30.6 Å². The Hall–Kier alpha value is -1.97. The van der Waals surface area contributed by atoms with Gasteiger partial charge in [0.25, 0.3) is 0 Å². The van der Waals surface area contributed by atoms with Gasteiger partial charge >= 0.3 is 6.09 Å². The summed E-state index contributed by atoms with van der Waals surface area (Å²) in [5.74, 6) is 1.75. The number of ether oxygens (including phenoxy) is 2. The van der Waals surface area contributed by atoms with Crippen molar-refractivity contribution in [2.75, 3.05) is 13.7 Å². The summed E-state index contributed by atoms with van der Waals surface area (Å²) >= 11 is 0. The first-order valence-electron chi connectivity index (χ1n) is 8.74. The second-order valence-electron chi connectivity index (χ2n) is 6.85. The molecule has 0 aromatic heterocycles. The van der Waals surface area contributed by atoms with E-state index in [9.17, 15) is 4.79 Å². The minimum absolute atomic E-state index is 0.111. The van der Waals surface area contributed by atoms with Gasteiger partial charge in [0.05, 0.1) is 7.11 Å². The summed E-state index contributed by atoms with van der Waals surface area (Å²) in [6.07, 6.45) is 4.62. The van der Waals surface area contributed by atoms with Crippen molar-refractivity contribution in [3.63, 3.8) is 0 Å². The van der Waals surface area contributed by atoms with E-state index in [0.29, 0.717) is 18.4 Å². The molecule has 2 unspecified atom stereocenters. The Morgan fingerprint density at radius 3 is 2.62 bits per heavy atom. The Kier molecular flexibility index (Phi) is 6.71. The number of rotatable bonds is 6. The molecule has 0 bridgehead atoms. The van der Waals surface area contributed by atoms with Crippen LogP contribution < -0.4 is 10.1 Å². The number of nitrogens with one attached hydrogen (secondary N) is 1. The third kappa shape index (κ3) is 5.29. The van der Waals surface area contributed by atoms with Gasteiger partial charge in [0, 0.05) is 12.5 Å². The van der Waals surface area contributed by atoms with E-state index in [1.807, 2.05) is 24.3 Å². The molecule has 0 saturated carbocycles. The molecule has 2 atom stereocenters. The summed E-state index contributed by atoms with van der Waals surface area (Å²) < 4.78 is 10.8. The van der Waals surface area contributed by atoms with Crippen LogP contribution >= 0.6 is 0 Å². The molecule has 1 amide bonds. The summed E-state index contributed by atoms with van der Waals surface area (Å²) in [5, 5.41) is 2.86. The molecule has 1 N–H and O–H groups in total. The molecule has 0 fully saturated rings. The van der Waals surface area contributed by atoms with E-state index < -0.39 is 0 Å². The predicted octanol–water partition coefficient (Wildman–Crippen LogP) is 4.34. The van der Waals surface area contributed by atoms with Gasteiger partial charge in [-0.05, 0) is 55.9 Å². The molecule has 1 aliphatic carbocycles. The molecule has 4 heteroatoms. The van der Waals surface area contributed by atoms with E-state index in [4.69, 9.17) is 9.47 Å². The lowest BCUT2D eigenvalue weighted by molar-refractivity contribution is 0.0655. The van der Waals surface area contributed by atoms with Gasteiger partial charge in [-0.1, -0.05) is 31.6 Å². The third-order valence-corrected chi connectivity index (χ3v) is 4.68. The normalized spacial score (nSPS) is 20.5. The number of benzene rings is 1. The SMILES string of the molecule is COc1ccc(CCNC(=O)OC2C=C(C)CCC2C(C)C)cc1. The fourth-order valence-corrected chi connectivity index (χ4v) is 3.15. The lowest BCUT2D eigenvalue weighted by Crippen LogP contribution is -2.36. The van der Waals surface area contributed by atoms with Crippen LogP contribution in [0.4, 0.5) is 4.79 Å². The monoisotopic (exact) mass is 331 g/mol. The van der Waals surface area contributed by atoms with Crippen molar-refractivity contribution < 1.29 is 14.3 Å². The van der Waals surface area contributed by atoms with Gasteiger partial charge in [-0.3, -0.25) is 0 Å². The van der Waals surface area contributed by atoms with E-state index in [1.165, 1.54) is 5.57 Å². The van der Waals surface area contributed by atoms with Gasteiger partial charge in [-0.15, -0.1) is 0 Å². The molecular weight excluding hydrogens is 302 g/mol. The van der Waals surface area contributed by atoms with E-state index >= 15 is 0 Å². The van der Waals surface area contributed by atoms with Crippen molar-refractivity contribution >= 4 is 6.09 Å². The average molecular weight is 331 g/mol. The van der Waals surface area contributed by atoms with Gasteiger partial charge in [0.15, 0.2) is 0 Å². The Balaban J connectivity index is 1.80. The Morgan fingerprint density at radius 2 is 2.00 bits per heavy atom. The van der Waals surface area contributed by atoms with Gasteiger partial charge < -0.3 is 14.8 Å². The number of carbonyl (C=O) groups is 1. The summed E-state index contributed by atoms with van der Waals surface area (Å²) in [5.41, 5.74) is 2.47. The van der Waals surface area contributed by atoms with Crippen LogP contribution in [0.1, 0.15) is 39.2 Å². The minimum Gasteiger partial charge on any atom is -0.497 e. The summed E-state index contributed by atoms with van der Waals surface area (Å²) in [7, 11) is 1.65. The number of methoxy groups -OCH3 is 1. The number of carbonyl (C=O) groups excluding carboxylic acids is 1. The van der Waals surface area contributed by atoms with Crippen molar-refractivity contribution in [2.45, 2.75) is 46.1 Å². The first-order valence-corrected chi connectivity index (χ1v) is 8.74. The molecule has 4 nitrogen and oxygen atoms in total. The van der Waals surface area contributed by atoms with Crippen LogP contribution in [0.3, 0.4) is 0 Å². The first-order chi connectivity index (χ1) is 11.5. The second kappa shape index (κ2) is 8.76. The Morgan fingerprint density at radius 1 is 1.29 bits per heavy atom. The standard InChI is InChI=1S/C20H29NO3/c1-14(2)18-10-5-15(3)13-19(18)24-20(22)21-12-11-16-6-8-17(23-4)9-7-16/h6-9,13-14,18-19H,5,10-12H2,1-4H3,(H,21,22). The van der Waals surface area contributed by atoms with Crippen LogP contribution in [0, 0.1) is 11.8 Å². The number of alkyl carbamates (subject to hydrolysis) is 1. The molecule has 0 radical (unpaired) electrons. The number of amides is 1. The summed E-state index contributed by atoms with van der Waals surface area (Å²) in [6, 6.07) is 7.87. The highest BCUT2D eigenvalue weighted by atomic mass is 16.6. The Labute approximate surface area is 145 Å². The van der Waals surface area contributed by atoms with Crippen LogP contribution in [-0.2, 0) is 11.2 Å². The average Bonchev–Trinajstić information content (AvgIpc) is 2.55. The highest BCUT2D eigenvalue weighted by Crippen LogP contribution is 2.31. The molecule has 0 heterocycles. The van der Waals surface area contributed by atoms with E-state index in [2.05, 4.69) is 32.2 Å². The van der Waals surface area contributed by atoms with Crippen molar-refractivity contribution in [1.29, 1.82) is 0 Å². The van der Waals surface area contributed by atoms with Crippen molar-refractivity contribution in [3.8, 4) is 5.75 Å². The van der Waals surface area contributed by atoms with Crippen LogP contribution in [0.2, 0.25) is 0 Å². The van der Waals surface area contributed by atoms with E-state index in [1.54, 1.807) is 7.11 Å². The number of allylic oxidation sites excluding steroid dienone is 1. The molecule has 1 aromatic rings. The molecule has 132 valence electrons. The molecular formula is C20H29NO3. The highest BCUT2D eigenvalue weighted by molar-refractivity contribution is 5.67. The zero-order valence-corrected chi connectivity index (χ0v) is 15.2. The van der Waals surface area contributed by atoms with Gasteiger partial charge in [0.2, 0.25) is 0 Å². The van der Waals surface area contributed by atoms with Crippen molar-refractivity contribution in [3.05, 3.63) is 41.5 Å². The van der Waals surface area contributed by atoms with Crippen molar-refractivity contribution in [2.24, 2.45) is 11.8 Å². The highest BCUT2D eigenvalue weighted by Gasteiger charge is 2.29. The second-order valence-corrected chi connectivity index (χ2v) is 6.85. The maximum atomic E-state index is 12.1. The van der Waals surface area contributed by atoms with Crippen LogP contribution in [-0.4, -0.2) is 25.9 Å². The van der Waals surface area contributed by atoms with Crippen LogP contribution in [0.15, 0.2) is 35.9 Å². The third-order valence-electron chi connectivity index (χ3n) is 4.68. The van der Waals surface area contributed by atoms with Gasteiger partial charge in [-0.2, -0.15) is 0 Å². The molecule has 1 aliphatic rings. The zero-order chi connectivity index (χ0) is 17.5. The smallest absolute Gasteiger partial charge is 0.407 e. The maximum Gasteiger partial charge on any atom is 0.407 e. The largest absolute Gasteiger partial charge is 0.497 e. The summed E-state index contributed by atoms with van der Waals surface area (Å²) in [6.45, 7) is 7.05. The Bertz CT molecular complexity index is 563. The molecule has 1 aromatic carbocycles. The zero-order valence-electron chi connectivity index (χ0n) is 15.2. The van der Waals surface area contributed by atoms with E-state index in [-0.39, 0.29) is 12.2 Å². The van der Waals surface area contributed by atoms with Crippen LogP contribution in [0.25, 0.3) is 0 Å². The quantitative estimate of drug-likeness (QED) is 0.789. The predicted molar refractivity (Wildman–Crippen MR) is 96.3 cm³/mol. The fourth-order valence-electron chi connectivity index (χ4n) is 3.15. The summed E-state index contributed by atoms with van der Waals surface area (Å²) in [4.78, 5) is 12.1. The van der Waals surface area contributed by atoms with Crippen LogP contribution in [0.5, 0.6) is 5.75 Å². The fraction of sp³-hybridized carbons (Fsp3) is 0.550. The topological polar surface area (TPSA) is 47.6 Å². The lowest BCUT2D eigenvalue weighted by atomic mass is 9.80. The van der Waals surface area contributed by atoms with Gasteiger partial charge in [0.1, 0.15) is 11.9 Å². The maximum absolute atomic E-state index is 12.1. The first kappa shape index (κ1) is 18.4. The van der Waals surface area contributed by atoms with Gasteiger partial charge in [-0.25, -0.2) is 4.79 Å².